The number of nitriles is 2. The van der Waals surface area contributed by atoms with Crippen LogP contribution >= 0.6 is 0 Å². The number of benzene rings is 1. The van der Waals surface area contributed by atoms with Gasteiger partial charge in [0.1, 0.15) is 11.9 Å². The van der Waals surface area contributed by atoms with Crippen molar-refractivity contribution in [1.82, 2.24) is 9.47 Å². The highest BCUT2D eigenvalue weighted by Gasteiger charge is 2.34. The van der Waals surface area contributed by atoms with Gasteiger partial charge in [0, 0.05) is 17.8 Å². The number of amides is 1. The van der Waals surface area contributed by atoms with Crippen molar-refractivity contribution < 1.29 is 4.79 Å². The number of rotatable bonds is 6. The smallest absolute Gasteiger partial charge is 0.239 e. The molecule has 0 unspecified atom stereocenters. The molecule has 2 aromatic rings. The van der Waals surface area contributed by atoms with Crippen molar-refractivity contribution in [1.29, 1.82) is 10.5 Å². The molecule has 2 atom stereocenters. The Hall–Kier alpha value is -3.09. The zero-order valence-electron chi connectivity index (χ0n) is 19.7. The first-order valence-corrected chi connectivity index (χ1v) is 12.1. The number of likely N-dealkylation sites (tertiary alicyclic amines) is 1. The SMILES string of the molecule is Cc1c(C#N)c(NC(=O)CN2CCC[C@@H]2[C@H](C#N)c2ccccc2)n(C2CCCCC2)c1C. The Morgan fingerprint density at radius 3 is 2.48 bits per heavy atom. The van der Waals surface area contributed by atoms with Crippen LogP contribution in [0.5, 0.6) is 0 Å². The Morgan fingerprint density at radius 1 is 1.09 bits per heavy atom. The second kappa shape index (κ2) is 10.2. The maximum atomic E-state index is 13.2. The molecule has 0 radical (unpaired) electrons. The number of hydrogen-bond acceptors (Lipinski definition) is 4. The van der Waals surface area contributed by atoms with Crippen LogP contribution in [0, 0.1) is 36.5 Å². The van der Waals surface area contributed by atoms with Crippen LogP contribution in [0.4, 0.5) is 5.82 Å². The van der Waals surface area contributed by atoms with E-state index in [9.17, 15) is 15.3 Å². The van der Waals surface area contributed by atoms with Gasteiger partial charge < -0.3 is 9.88 Å². The molecular formula is C27H33N5O. The van der Waals surface area contributed by atoms with Crippen molar-refractivity contribution >= 4 is 11.7 Å². The molecule has 1 aliphatic heterocycles. The van der Waals surface area contributed by atoms with Gasteiger partial charge in [-0.2, -0.15) is 10.5 Å². The van der Waals surface area contributed by atoms with E-state index < -0.39 is 0 Å². The molecular weight excluding hydrogens is 410 g/mol. The Bertz CT molecular complexity index is 1070. The van der Waals surface area contributed by atoms with E-state index in [1.165, 1.54) is 19.3 Å². The summed E-state index contributed by atoms with van der Waals surface area (Å²) >= 11 is 0. The number of hydrogen-bond donors (Lipinski definition) is 1. The van der Waals surface area contributed by atoms with Crippen molar-refractivity contribution in [3.05, 3.63) is 52.7 Å². The van der Waals surface area contributed by atoms with Crippen molar-refractivity contribution in [3.63, 3.8) is 0 Å². The molecule has 172 valence electrons. The first kappa shape index (κ1) is 23.1. The number of anilines is 1. The minimum absolute atomic E-state index is 0.0205. The van der Waals surface area contributed by atoms with Crippen LogP contribution < -0.4 is 5.32 Å². The highest BCUT2D eigenvalue weighted by atomic mass is 16.2. The second-order valence-corrected chi connectivity index (χ2v) is 9.45. The second-order valence-electron chi connectivity index (χ2n) is 9.45. The van der Waals surface area contributed by atoms with Crippen molar-refractivity contribution in [2.45, 2.75) is 76.8 Å². The van der Waals surface area contributed by atoms with Gasteiger partial charge in [-0.25, -0.2) is 0 Å². The molecule has 2 fully saturated rings. The number of nitrogens with zero attached hydrogens (tertiary/aromatic N) is 4. The van der Waals surface area contributed by atoms with Gasteiger partial charge >= 0.3 is 0 Å². The molecule has 1 saturated carbocycles. The molecule has 6 nitrogen and oxygen atoms in total. The van der Waals surface area contributed by atoms with Crippen LogP contribution in [0.15, 0.2) is 30.3 Å². The lowest BCUT2D eigenvalue weighted by Gasteiger charge is -2.29. The van der Waals surface area contributed by atoms with Gasteiger partial charge in [0.15, 0.2) is 0 Å². The molecule has 4 rings (SSSR count). The Balaban J connectivity index is 1.54. The monoisotopic (exact) mass is 443 g/mol. The fraction of sp³-hybridized carbons (Fsp3) is 0.519. The molecule has 1 aromatic carbocycles. The number of aromatic nitrogens is 1. The molecule has 2 aliphatic rings. The molecule has 1 aliphatic carbocycles. The van der Waals surface area contributed by atoms with E-state index >= 15 is 0 Å². The number of carbonyl (C=O) groups is 1. The van der Waals surface area contributed by atoms with Gasteiger partial charge in [0.2, 0.25) is 5.91 Å². The summed E-state index contributed by atoms with van der Waals surface area (Å²) < 4.78 is 2.20. The standard InChI is InChI=1S/C27H33N5O/c1-19-20(2)32(22-12-7-4-8-13-22)27(23(19)16-28)30-26(33)18-31-15-9-14-25(31)24(17-29)21-10-5-3-6-11-21/h3,5-6,10-11,22,24-25H,4,7-9,12-15,18H2,1-2H3,(H,30,33)/t24-,25-/m1/s1. The van der Waals surface area contributed by atoms with Gasteiger partial charge in [-0.1, -0.05) is 49.6 Å². The molecule has 1 amide bonds. The fourth-order valence-electron chi connectivity index (χ4n) is 5.71. The lowest BCUT2D eigenvalue weighted by molar-refractivity contribution is -0.117. The predicted molar refractivity (Wildman–Crippen MR) is 129 cm³/mol. The maximum absolute atomic E-state index is 13.2. The summed E-state index contributed by atoms with van der Waals surface area (Å²) in [4.78, 5) is 15.4. The summed E-state index contributed by atoms with van der Waals surface area (Å²) in [7, 11) is 0. The van der Waals surface area contributed by atoms with E-state index in [1.54, 1.807) is 0 Å². The van der Waals surface area contributed by atoms with Crippen LogP contribution in [-0.2, 0) is 4.79 Å². The fourth-order valence-corrected chi connectivity index (χ4v) is 5.71. The molecule has 1 saturated heterocycles. The van der Waals surface area contributed by atoms with Crippen LogP contribution in [0.1, 0.15) is 79.3 Å². The summed E-state index contributed by atoms with van der Waals surface area (Å²) in [6, 6.07) is 15.0. The third-order valence-electron chi connectivity index (χ3n) is 7.51. The molecule has 0 spiro atoms. The quantitative estimate of drug-likeness (QED) is 0.666. The van der Waals surface area contributed by atoms with Crippen LogP contribution in [0.25, 0.3) is 0 Å². The summed E-state index contributed by atoms with van der Waals surface area (Å²) in [6.07, 6.45) is 7.65. The molecule has 1 aromatic heterocycles. The Morgan fingerprint density at radius 2 is 1.82 bits per heavy atom. The van der Waals surface area contributed by atoms with E-state index in [0.29, 0.717) is 17.4 Å². The lowest BCUT2D eigenvalue weighted by atomic mass is 9.91. The van der Waals surface area contributed by atoms with Crippen LogP contribution in [-0.4, -0.2) is 34.5 Å². The minimum Gasteiger partial charge on any atom is -0.327 e. The van der Waals surface area contributed by atoms with E-state index in [1.807, 2.05) is 44.2 Å². The number of nitrogens with one attached hydrogen (secondary N) is 1. The van der Waals surface area contributed by atoms with E-state index in [-0.39, 0.29) is 24.4 Å². The summed E-state index contributed by atoms with van der Waals surface area (Å²) in [5.74, 6) is 0.282. The van der Waals surface area contributed by atoms with Gasteiger partial charge in [0.25, 0.3) is 0 Å². The summed E-state index contributed by atoms with van der Waals surface area (Å²) in [5.41, 5.74) is 3.59. The summed E-state index contributed by atoms with van der Waals surface area (Å²) in [6.45, 7) is 5.05. The average Bonchev–Trinajstić information content (AvgIpc) is 3.37. The van der Waals surface area contributed by atoms with Crippen LogP contribution in [0.2, 0.25) is 0 Å². The molecule has 2 heterocycles. The molecule has 6 heteroatoms. The maximum Gasteiger partial charge on any atom is 0.239 e. The zero-order chi connectivity index (χ0) is 23.4. The van der Waals surface area contributed by atoms with Gasteiger partial charge in [0.05, 0.1) is 24.1 Å². The Labute approximate surface area is 196 Å². The zero-order valence-corrected chi connectivity index (χ0v) is 19.7. The van der Waals surface area contributed by atoms with Crippen LogP contribution in [0.3, 0.4) is 0 Å². The predicted octanol–water partition coefficient (Wildman–Crippen LogP) is 5.19. The highest BCUT2D eigenvalue weighted by Crippen LogP contribution is 2.37. The van der Waals surface area contributed by atoms with E-state index in [0.717, 1.165) is 49.0 Å². The average molecular weight is 444 g/mol. The van der Waals surface area contributed by atoms with Gasteiger partial charge in [-0.3, -0.25) is 9.69 Å². The normalized spacial score (nSPS) is 20.2. The topological polar surface area (TPSA) is 84.8 Å². The molecule has 33 heavy (non-hydrogen) atoms. The summed E-state index contributed by atoms with van der Waals surface area (Å²) in [5, 5.41) is 22.8. The Kier molecular flexibility index (Phi) is 7.16. The van der Waals surface area contributed by atoms with Crippen molar-refractivity contribution in [2.24, 2.45) is 0 Å². The van der Waals surface area contributed by atoms with Crippen molar-refractivity contribution in [2.75, 3.05) is 18.4 Å². The molecule has 0 bridgehead atoms. The van der Waals surface area contributed by atoms with Gasteiger partial charge in [-0.05, 0) is 57.2 Å². The third kappa shape index (κ3) is 4.68. The van der Waals surface area contributed by atoms with E-state index in [2.05, 4.69) is 26.9 Å². The van der Waals surface area contributed by atoms with Gasteiger partial charge in [-0.15, -0.1) is 0 Å². The largest absolute Gasteiger partial charge is 0.327 e. The lowest BCUT2D eigenvalue weighted by Crippen LogP contribution is -2.40. The third-order valence-corrected chi connectivity index (χ3v) is 7.51. The van der Waals surface area contributed by atoms with E-state index in [4.69, 9.17) is 0 Å². The van der Waals surface area contributed by atoms with Crippen molar-refractivity contribution in [3.8, 4) is 12.1 Å². The molecule has 1 N–H and O–H groups in total. The number of carbonyl (C=O) groups excluding carboxylic acids is 1. The highest BCUT2D eigenvalue weighted by molar-refractivity contribution is 5.93. The first-order valence-electron chi connectivity index (χ1n) is 12.1. The first-order chi connectivity index (χ1) is 16.0. The minimum atomic E-state index is -0.258.